The van der Waals surface area contributed by atoms with Gasteiger partial charge in [-0.15, -0.1) is 116 Å². The number of carbonyl (C=O) groups is 1. The average molecular weight is 511 g/mol. The SMILES string of the molecule is CCC(C(=O)O)C(Cl)Cl.ClCCl.ClCCl.ClCCl.ClCCl. The molecule has 0 aliphatic rings. The molecule has 0 spiro atoms. The topological polar surface area (TPSA) is 37.3 Å². The van der Waals surface area contributed by atoms with Gasteiger partial charge in [0.2, 0.25) is 0 Å². The fraction of sp³-hybridized carbons (Fsp3) is 0.889. The molecule has 12 heteroatoms. The zero-order valence-electron chi connectivity index (χ0n) is 10.8. The molecule has 0 aliphatic carbocycles. The molecule has 0 amide bonds. The van der Waals surface area contributed by atoms with E-state index in [1.54, 1.807) is 6.92 Å². The van der Waals surface area contributed by atoms with Crippen molar-refractivity contribution >= 4 is 122 Å². The smallest absolute Gasteiger partial charge is 0.309 e. The van der Waals surface area contributed by atoms with E-state index in [0.717, 1.165) is 0 Å². The van der Waals surface area contributed by atoms with Crippen molar-refractivity contribution in [3.63, 3.8) is 0 Å². The van der Waals surface area contributed by atoms with Crippen LogP contribution in [-0.4, -0.2) is 37.3 Å². The van der Waals surface area contributed by atoms with Gasteiger partial charge in [-0.3, -0.25) is 4.79 Å². The molecule has 0 radical (unpaired) electrons. The van der Waals surface area contributed by atoms with E-state index in [9.17, 15) is 4.79 Å². The van der Waals surface area contributed by atoms with Crippen molar-refractivity contribution in [1.29, 1.82) is 0 Å². The Kier molecular flexibility index (Phi) is 62.9. The molecule has 0 rings (SSSR count). The second kappa shape index (κ2) is 38.1. The first kappa shape index (κ1) is 34.7. The third-order valence-electron chi connectivity index (χ3n) is 1.06. The molecule has 0 aromatic rings. The number of alkyl halides is 10. The quantitative estimate of drug-likeness (QED) is 0.397. The molecule has 0 aromatic heterocycles. The summed E-state index contributed by atoms with van der Waals surface area (Å²) in [6.07, 6.45) is 0.465. The van der Waals surface area contributed by atoms with Gasteiger partial charge in [0.1, 0.15) is 4.84 Å². The molecule has 0 heterocycles. The second-order valence-corrected chi connectivity index (χ2v) is 6.49. The van der Waals surface area contributed by atoms with Crippen LogP contribution in [0.5, 0.6) is 0 Å². The summed E-state index contributed by atoms with van der Waals surface area (Å²) < 4.78 is 0. The first-order chi connectivity index (χ1) is 9.75. The normalized spacial score (nSPS) is 9.33. The van der Waals surface area contributed by atoms with Crippen LogP contribution in [0.1, 0.15) is 13.3 Å². The molecule has 1 N–H and O–H groups in total. The molecular weight excluding hydrogens is 495 g/mol. The Morgan fingerprint density at radius 2 is 1.00 bits per heavy atom. The van der Waals surface area contributed by atoms with Crippen molar-refractivity contribution in [3.8, 4) is 0 Å². The molecule has 0 saturated heterocycles. The highest BCUT2D eigenvalue weighted by atomic mass is 35.5. The van der Waals surface area contributed by atoms with Crippen LogP contribution < -0.4 is 0 Å². The number of halogens is 10. The lowest BCUT2D eigenvalue weighted by Crippen LogP contribution is -2.18. The van der Waals surface area contributed by atoms with E-state index in [0.29, 0.717) is 6.42 Å². The standard InChI is InChI=1S/C5H8Cl2O2.4CH2Cl2/c1-2-3(4(6)7)5(8)9;4*2-1-3/h3-4H,2H2,1H3,(H,8,9);4*1H2. The molecule has 0 aromatic carbocycles. The van der Waals surface area contributed by atoms with E-state index in [4.69, 9.17) is 121 Å². The largest absolute Gasteiger partial charge is 0.481 e. The summed E-state index contributed by atoms with van der Waals surface area (Å²) >= 11 is 48.8. The maximum absolute atomic E-state index is 10.2. The van der Waals surface area contributed by atoms with Gasteiger partial charge in [-0.1, -0.05) is 6.92 Å². The van der Waals surface area contributed by atoms with Gasteiger partial charge in [-0.25, -0.2) is 0 Å². The van der Waals surface area contributed by atoms with E-state index in [1.165, 1.54) is 0 Å². The lowest BCUT2D eigenvalue weighted by Gasteiger charge is -2.08. The molecule has 0 fully saturated rings. The van der Waals surface area contributed by atoms with Crippen molar-refractivity contribution in [1.82, 2.24) is 0 Å². The third kappa shape index (κ3) is 60.7. The second-order valence-electron chi connectivity index (χ2n) is 2.09. The van der Waals surface area contributed by atoms with Gasteiger partial charge in [0.05, 0.1) is 27.3 Å². The number of rotatable bonds is 3. The van der Waals surface area contributed by atoms with Crippen molar-refractivity contribution in [2.24, 2.45) is 5.92 Å². The lowest BCUT2D eigenvalue weighted by atomic mass is 10.1. The Morgan fingerprint density at radius 3 is 1.00 bits per heavy atom. The molecule has 2 nitrogen and oxygen atoms in total. The molecule has 1 unspecified atom stereocenters. The molecular formula is C9H16Cl10O2. The zero-order valence-corrected chi connectivity index (χ0v) is 18.4. The van der Waals surface area contributed by atoms with Gasteiger partial charge in [-0.05, 0) is 6.42 Å². The first-order valence-electron chi connectivity index (χ1n) is 4.74. The number of hydrogen-bond acceptors (Lipinski definition) is 1. The maximum Gasteiger partial charge on any atom is 0.309 e. The number of carboxylic acids is 1. The van der Waals surface area contributed by atoms with Crippen molar-refractivity contribution in [2.45, 2.75) is 18.2 Å². The van der Waals surface area contributed by atoms with E-state index in [2.05, 4.69) is 0 Å². The highest BCUT2D eigenvalue weighted by Crippen LogP contribution is 2.18. The van der Waals surface area contributed by atoms with Crippen LogP contribution in [0.2, 0.25) is 0 Å². The summed E-state index contributed by atoms with van der Waals surface area (Å²) in [5.74, 6) is -1.57. The van der Waals surface area contributed by atoms with E-state index in [-0.39, 0.29) is 21.4 Å². The fourth-order valence-electron chi connectivity index (χ4n) is 0.461. The third-order valence-corrected chi connectivity index (χ3v) is 1.67. The minimum Gasteiger partial charge on any atom is -0.481 e. The average Bonchev–Trinajstić information content (AvgIpc) is 2.32. The highest BCUT2D eigenvalue weighted by molar-refractivity contribution is 6.45. The zero-order chi connectivity index (χ0) is 18.3. The molecule has 0 aliphatic heterocycles. The summed E-state index contributed by atoms with van der Waals surface area (Å²) in [4.78, 5) is 9.40. The van der Waals surface area contributed by atoms with Crippen LogP contribution in [0.3, 0.4) is 0 Å². The van der Waals surface area contributed by atoms with Gasteiger partial charge in [0.25, 0.3) is 0 Å². The highest BCUT2D eigenvalue weighted by Gasteiger charge is 2.21. The van der Waals surface area contributed by atoms with Crippen molar-refractivity contribution in [3.05, 3.63) is 0 Å². The Bertz CT molecular complexity index is 153. The Balaban J connectivity index is -0.0000000593. The van der Waals surface area contributed by atoms with Crippen molar-refractivity contribution < 1.29 is 9.90 Å². The van der Waals surface area contributed by atoms with Gasteiger partial charge in [-0.2, -0.15) is 0 Å². The number of carboxylic acid groups (broad SMARTS) is 1. The van der Waals surface area contributed by atoms with Gasteiger partial charge in [0.15, 0.2) is 0 Å². The Hall–Kier alpha value is 2.37. The van der Waals surface area contributed by atoms with Crippen molar-refractivity contribution in [2.75, 3.05) is 21.4 Å². The van der Waals surface area contributed by atoms with Crippen LogP contribution in [-0.2, 0) is 4.79 Å². The Morgan fingerprint density at radius 1 is 0.810 bits per heavy atom. The van der Waals surface area contributed by atoms with E-state index in [1.807, 2.05) is 0 Å². The number of aliphatic carboxylic acids is 1. The molecule has 21 heavy (non-hydrogen) atoms. The van der Waals surface area contributed by atoms with Crippen LogP contribution in [0.4, 0.5) is 0 Å². The molecule has 1 atom stereocenters. The van der Waals surface area contributed by atoms with Gasteiger partial charge in [0, 0.05) is 0 Å². The minimum atomic E-state index is -0.937. The van der Waals surface area contributed by atoms with Crippen LogP contribution >= 0.6 is 116 Å². The fourth-order valence-corrected chi connectivity index (χ4v) is 1.03. The predicted molar refractivity (Wildman–Crippen MR) is 103 cm³/mol. The summed E-state index contributed by atoms with van der Waals surface area (Å²) in [5, 5.41) is 9.15. The Labute approximate surface area is 176 Å². The van der Waals surface area contributed by atoms with Gasteiger partial charge < -0.3 is 5.11 Å². The van der Waals surface area contributed by atoms with E-state index < -0.39 is 16.7 Å². The van der Waals surface area contributed by atoms with Crippen LogP contribution in [0, 0.1) is 5.92 Å². The molecule has 134 valence electrons. The summed E-state index contributed by atoms with van der Waals surface area (Å²) in [5.41, 5.74) is 0. The summed E-state index contributed by atoms with van der Waals surface area (Å²) in [6, 6.07) is 0. The molecule has 0 bridgehead atoms. The maximum atomic E-state index is 10.2. The van der Waals surface area contributed by atoms with Gasteiger partial charge >= 0.3 is 5.97 Å². The molecule has 0 saturated carbocycles. The minimum absolute atomic E-state index is 0.194. The van der Waals surface area contributed by atoms with Crippen LogP contribution in [0.15, 0.2) is 0 Å². The predicted octanol–water partition coefficient (Wildman–Crippen LogP) is 7.59. The first-order valence-corrected chi connectivity index (χ1v) is 9.89. The number of hydrogen-bond donors (Lipinski definition) is 1. The summed E-state index contributed by atoms with van der Waals surface area (Å²) in [6.45, 7) is 1.73. The summed E-state index contributed by atoms with van der Waals surface area (Å²) in [7, 11) is 0. The van der Waals surface area contributed by atoms with E-state index >= 15 is 0 Å². The monoisotopic (exact) mass is 506 g/mol. The lowest BCUT2D eigenvalue weighted by molar-refractivity contribution is -0.141. The van der Waals surface area contributed by atoms with Crippen LogP contribution in [0.25, 0.3) is 0 Å².